The van der Waals surface area contributed by atoms with E-state index in [0.29, 0.717) is 16.7 Å². The van der Waals surface area contributed by atoms with Crippen molar-refractivity contribution in [3.8, 4) is 22.6 Å². The highest BCUT2D eigenvalue weighted by Crippen LogP contribution is 2.44. The molecule has 1 heterocycles. The number of fused-ring (bicyclic) bond motifs is 1. The largest absolute Gasteiger partial charge is 0.573 e. The van der Waals surface area contributed by atoms with Gasteiger partial charge in [-0.3, -0.25) is 0 Å². The van der Waals surface area contributed by atoms with E-state index in [-0.39, 0.29) is 18.0 Å². The molecule has 0 saturated heterocycles. The maximum absolute atomic E-state index is 13.2. The summed E-state index contributed by atoms with van der Waals surface area (Å²) < 4.78 is 87.4. The molecule has 0 amide bonds. The Balaban J connectivity index is 2.09. The van der Waals surface area contributed by atoms with Gasteiger partial charge in [-0.15, -0.1) is 13.2 Å². The van der Waals surface area contributed by atoms with Gasteiger partial charge in [-0.2, -0.15) is 13.2 Å². The highest BCUT2D eigenvalue weighted by molar-refractivity contribution is 5.80. The van der Waals surface area contributed by atoms with Gasteiger partial charge in [-0.1, -0.05) is 55.7 Å². The molecule has 34 heavy (non-hydrogen) atoms. The van der Waals surface area contributed by atoms with Crippen LogP contribution in [0.3, 0.4) is 0 Å². The molecule has 2 aromatic rings. The maximum Gasteiger partial charge on any atom is 0.573 e. The lowest BCUT2D eigenvalue weighted by molar-refractivity contribution is -0.274. The standard InChI is InChI=1S/C24H21F6NO3/c1-3-7-15(4-2)20-14-33-22-18(16-8-5-9-17(12-16)34-24(28,29)30)10-6-11-19(22)31(20)13-21(32)23(25,26)27/h3-12,20-21,32H,1-2,13-14H2/b15-7+. The predicted octanol–water partition coefficient (Wildman–Crippen LogP) is 6.04. The first kappa shape index (κ1) is 25.2. The van der Waals surface area contributed by atoms with E-state index in [2.05, 4.69) is 17.9 Å². The predicted molar refractivity (Wildman–Crippen MR) is 116 cm³/mol. The van der Waals surface area contributed by atoms with Crippen LogP contribution in [-0.4, -0.2) is 42.9 Å². The second kappa shape index (κ2) is 9.84. The number of β-amino-alcohol motifs (C(OH)–C–C–N with tert-alkyl or cyclic N) is 1. The number of para-hydroxylation sites is 1. The van der Waals surface area contributed by atoms with Crippen molar-refractivity contribution in [3.05, 3.63) is 79.4 Å². The van der Waals surface area contributed by atoms with Crippen LogP contribution in [0.4, 0.5) is 32.0 Å². The Morgan fingerprint density at radius 1 is 1.15 bits per heavy atom. The van der Waals surface area contributed by atoms with E-state index in [4.69, 9.17) is 4.74 Å². The number of allylic oxidation sites excluding steroid dienone is 2. The second-order valence-corrected chi connectivity index (χ2v) is 7.37. The molecule has 0 saturated carbocycles. The fourth-order valence-electron chi connectivity index (χ4n) is 3.65. The summed E-state index contributed by atoms with van der Waals surface area (Å²) in [5.41, 5.74) is 1.40. The van der Waals surface area contributed by atoms with E-state index in [9.17, 15) is 31.4 Å². The van der Waals surface area contributed by atoms with Gasteiger partial charge in [0.2, 0.25) is 0 Å². The molecule has 0 spiro atoms. The Kier molecular flexibility index (Phi) is 7.30. The monoisotopic (exact) mass is 485 g/mol. The van der Waals surface area contributed by atoms with Gasteiger partial charge in [-0.05, 0) is 29.3 Å². The molecule has 0 fully saturated rings. The van der Waals surface area contributed by atoms with Gasteiger partial charge in [0.1, 0.15) is 12.4 Å². The molecule has 1 aliphatic heterocycles. The molecular formula is C24H21F6NO3. The van der Waals surface area contributed by atoms with Crippen LogP contribution in [0.1, 0.15) is 0 Å². The number of halogens is 6. The molecule has 2 atom stereocenters. The van der Waals surface area contributed by atoms with Crippen molar-refractivity contribution in [1.29, 1.82) is 0 Å². The third-order valence-corrected chi connectivity index (χ3v) is 5.12. The molecule has 3 rings (SSSR count). The first-order valence-corrected chi connectivity index (χ1v) is 10.0. The molecule has 2 aromatic carbocycles. The lowest BCUT2D eigenvalue weighted by atomic mass is 9.98. The van der Waals surface area contributed by atoms with E-state index in [1.807, 2.05) is 0 Å². The number of nitrogens with zero attached hydrogens (tertiary/aromatic N) is 1. The minimum absolute atomic E-state index is 0.0982. The van der Waals surface area contributed by atoms with Crippen LogP contribution in [0.5, 0.6) is 11.5 Å². The van der Waals surface area contributed by atoms with Gasteiger partial charge < -0.3 is 19.5 Å². The number of rotatable bonds is 7. The van der Waals surface area contributed by atoms with Crippen LogP contribution in [0.15, 0.2) is 79.4 Å². The number of anilines is 1. The number of alkyl halides is 6. The Morgan fingerprint density at radius 3 is 2.47 bits per heavy atom. The fraction of sp³-hybridized carbons (Fsp3) is 0.250. The highest BCUT2D eigenvalue weighted by Gasteiger charge is 2.42. The Bertz CT molecular complexity index is 1080. The molecule has 0 aliphatic carbocycles. The number of hydrogen-bond donors (Lipinski definition) is 1. The normalized spacial score (nSPS) is 17.4. The van der Waals surface area contributed by atoms with Crippen molar-refractivity contribution in [2.24, 2.45) is 0 Å². The van der Waals surface area contributed by atoms with Crippen molar-refractivity contribution in [1.82, 2.24) is 0 Å². The van der Waals surface area contributed by atoms with Crippen molar-refractivity contribution in [3.63, 3.8) is 0 Å². The summed E-state index contributed by atoms with van der Waals surface area (Å²) in [6.45, 7) is 6.39. The van der Waals surface area contributed by atoms with Crippen LogP contribution in [-0.2, 0) is 0 Å². The maximum atomic E-state index is 13.2. The quantitative estimate of drug-likeness (QED) is 0.384. The SMILES string of the molecule is C=C/C=C(\C=C)C1COc2c(-c3cccc(OC(F)(F)F)c3)cccc2N1CC(O)C(F)(F)F. The molecule has 0 bridgehead atoms. The second-order valence-electron chi connectivity index (χ2n) is 7.37. The van der Waals surface area contributed by atoms with Crippen LogP contribution < -0.4 is 14.4 Å². The van der Waals surface area contributed by atoms with E-state index < -0.39 is 37.0 Å². The summed E-state index contributed by atoms with van der Waals surface area (Å²) in [4.78, 5) is 1.34. The van der Waals surface area contributed by atoms with Crippen LogP contribution in [0.25, 0.3) is 11.1 Å². The zero-order valence-electron chi connectivity index (χ0n) is 17.7. The van der Waals surface area contributed by atoms with Crippen molar-refractivity contribution < 1.29 is 40.9 Å². The van der Waals surface area contributed by atoms with Crippen molar-refractivity contribution >= 4 is 5.69 Å². The molecular weight excluding hydrogens is 464 g/mol. The number of benzene rings is 2. The molecule has 182 valence electrons. The topological polar surface area (TPSA) is 41.9 Å². The summed E-state index contributed by atoms with van der Waals surface area (Å²) in [6, 6.07) is 9.05. The van der Waals surface area contributed by atoms with Gasteiger partial charge in [0.15, 0.2) is 11.9 Å². The number of ether oxygens (including phenoxy) is 2. The summed E-state index contributed by atoms with van der Waals surface area (Å²) in [5, 5.41) is 9.80. The fourth-order valence-corrected chi connectivity index (χ4v) is 3.65. The summed E-state index contributed by atoms with van der Waals surface area (Å²) in [7, 11) is 0. The number of hydrogen-bond acceptors (Lipinski definition) is 4. The zero-order chi connectivity index (χ0) is 25.1. The van der Waals surface area contributed by atoms with Crippen LogP contribution in [0, 0.1) is 0 Å². The summed E-state index contributed by atoms with van der Waals surface area (Å²) in [5.74, 6) is -0.289. The molecule has 2 unspecified atom stereocenters. The zero-order valence-corrected chi connectivity index (χ0v) is 17.7. The van der Waals surface area contributed by atoms with E-state index in [1.54, 1.807) is 12.1 Å². The Labute approximate surface area is 192 Å². The number of aliphatic hydroxyl groups is 1. The first-order valence-electron chi connectivity index (χ1n) is 10.0. The lowest BCUT2D eigenvalue weighted by Gasteiger charge is -2.41. The van der Waals surface area contributed by atoms with Gasteiger partial charge in [0.25, 0.3) is 0 Å². The average Bonchev–Trinajstić information content (AvgIpc) is 2.76. The summed E-state index contributed by atoms with van der Waals surface area (Å²) >= 11 is 0. The average molecular weight is 485 g/mol. The summed E-state index contributed by atoms with van der Waals surface area (Å²) in [6.07, 6.45) is -7.92. The van der Waals surface area contributed by atoms with Gasteiger partial charge in [0, 0.05) is 5.56 Å². The molecule has 1 aliphatic rings. The number of aliphatic hydroxyl groups excluding tert-OH is 1. The Hall–Kier alpha value is -3.40. The molecule has 10 heteroatoms. The van der Waals surface area contributed by atoms with Crippen molar-refractivity contribution in [2.45, 2.75) is 24.7 Å². The lowest BCUT2D eigenvalue weighted by Crippen LogP contribution is -2.50. The third-order valence-electron chi connectivity index (χ3n) is 5.12. The molecule has 0 aromatic heterocycles. The highest BCUT2D eigenvalue weighted by atomic mass is 19.4. The van der Waals surface area contributed by atoms with Crippen LogP contribution in [0.2, 0.25) is 0 Å². The van der Waals surface area contributed by atoms with E-state index >= 15 is 0 Å². The minimum Gasteiger partial charge on any atom is -0.488 e. The molecule has 4 nitrogen and oxygen atoms in total. The van der Waals surface area contributed by atoms with Crippen LogP contribution >= 0.6 is 0 Å². The van der Waals surface area contributed by atoms with E-state index in [1.165, 1.54) is 41.3 Å². The smallest absolute Gasteiger partial charge is 0.488 e. The van der Waals surface area contributed by atoms with Gasteiger partial charge >= 0.3 is 12.5 Å². The van der Waals surface area contributed by atoms with Crippen molar-refractivity contribution in [2.75, 3.05) is 18.1 Å². The van der Waals surface area contributed by atoms with Gasteiger partial charge in [0.05, 0.1) is 18.3 Å². The first-order chi connectivity index (χ1) is 15.9. The van der Waals surface area contributed by atoms with Gasteiger partial charge in [-0.25, -0.2) is 0 Å². The third kappa shape index (κ3) is 5.74. The Morgan fingerprint density at radius 2 is 1.85 bits per heavy atom. The van der Waals surface area contributed by atoms with E-state index in [0.717, 1.165) is 12.1 Å². The molecule has 0 radical (unpaired) electrons. The minimum atomic E-state index is -4.89. The molecule has 1 N–H and O–H groups in total.